The van der Waals surface area contributed by atoms with E-state index in [0.29, 0.717) is 11.5 Å². The molecule has 0 saturated heterocycles. The number of pyridine rings is 1. The largest absolute Gasteiger partial charge is 0.497 e. The lowest BCUT2D eigenvalue weighted by Crippen LogP contribution is -2.08. The molecule has 0 unspecified atom stereocenters. The minimum Gasteiger partial charge on any atom is -0.497 e. The Morgan fingerprint density at radius 2 is 2.05 bits per heavy atom. The van der Waals surface area contributed by atoms with Crippen molar-refractivity contribution in [2.45, 2.75) is 20.0 Å². The van der Waals surface area contributed by atoms with Crippen LogP contribution in [0.4, 0.5) is 17.2 Å². The number of anilines is 3. The van der Waals surface area contributed by atoms with Gasteiger partial charge >= 0.3 is 0 Å². The maximum absolute atomic E-state index is 5.89. The molecule has 20 heavy (non-hydrogen) atoms. The number of hydrogen-bond acceptors (Lipinski definition) is 5. The van der Waals surface area contributed by atoms with Gasteiger partial charge in [0.25, 0.3) is 0 Å². The van der Waals surface area contributed by atoms with Crippen LogP contribution in [-0.2, 0) is 0 Å². The van der Waals surface area contributed by atoms with Crippen molar-refractivity contribution in [1.82, 2.24) is 4.98 Å². The highest BCUT2D eigenvalue weighted by molar-refractivity contribution is 5.72. The molecule has 1 aromatic heterocycles. The Bertz CT molecular complexity index is 585. The van der Waals surface area contributed by atoms with Gasteiger partial charge < -0.3 is 20.5 Å². The van der Waals surface area contributed by atoms with Gasteiger partial charge in [-0.25, -0.2) is 4.98 Å². The van der Waals surface area contributed by atoms with Gasteiger partial charge in [-0.05, 0) is 38.1 Å². The standard InChI is InChI=1S/C15H19N3O2/c1-10(2)20-14-7-6-11(19-3)9-13(14)18-15-12(16)5-4-8-17-15/h4-10H,16H2,1-3H3,(H,17,18). The molecule has 5 heteroatoms. The van der Waals surface area contributed by atoms with Crippen LogP contribution in [0.2, 0.25) is 0 Å². The number of benzene rings is 1. The summed E-state index contributed by atoms with van der Waals surface area (Å²) in [5.41, 5.74) is 7.24. The summed E-state index contributed by atoms with van der Waals surface area (Å²) in [6.45, 7) is 3.95. The fourth-order valence-corrected chi connectivity index (χ4v) is 1.74. The summed E-state index contributed by atoms with van der Waals surface area (Å²) in [5.74, 6) is 2.05. The minimum absolute atomic E-state index is 0.0741. The Morgan fingerprint density at radius 3 is 2.70 bits per heavy atom. The van der Waals surface area contributed by atoms with Gasteiger partial charge in [-0.1, -0.05) is 0 Å². The molecule has 3 N–H and O–H groups in total. The Hall–Kier alpha value is -2.43. The van der Waals surface area contributed by atoms with Crippen LogP contribution < -0.4 is 20.5 Å². The van der Waals surface area contributed by atoms with Crippen LogP contribution in [0.1, 0.15) is 13.8 Å². The van der Waals surface area contributed by atoms with E-state index in [2.05, 4.69) is 10.3 Å². The Balaban J connectivity index is 2.35. The van der Waals surface area contributed by atoms with Crippen LogP contribution in [0.25, 0.3) is 0 Å². The number of aromatic nitrogens is 1. The first kappa shape index (κ1) is 14.0. The van der Waals surface area contributed by atoms with E-state index in [9.17, 15) is 0 Å². The second-order valence-electron chi connectivity index (χ2n) is 4.59. The van der Waals surface area contributed by atoms with Crippen molar-refractivity contribution in [3.05, 3.63) is 36.5 Å². The molecule has 0 radical (unpaired) electrons. The summed E-state index contributed by atoms with van der Waals surface area (Å²) in [6.07, 6.45) is 1.76. The molecule has 2 aromatic rings. The lowest BCUT2D eigenvalue weighted by molar-refractivity contribution is 0.243. The predicted molar refractivity (Wildman–Crippen MR) is 80.7 cm³/mol. The summed E-state index contributed by atoms with van der Waals surface area (Å²) in [5, 5.41) is 3.18. The number of nitrogen functional groups attached to an aromatic ring is 1. The fraction of sp³-hybridized carbons (Fsp3) is 0.267. The van der Waals surface area contributed by atoms with E-state index in [4.69, 9.17) is 15.2 Å². The molecule has 0 aliphatic rings. The van der Waals surface area contributed by atoms with E-state index in [0.717, 1.165) is 17.2 Å². The van der Waals surface area contributed by atoms with E-state index < -0.39 is 0 Å². The minimum atomic E-state index is 0.0741. The first-order valence-corrected chi connectivity index (χ1v) is 6.42. The Kier molecular flexibility index (Phi) is 4.30. The van der Waals surface area contributed by atoms with Gasteiger partial charge in [0.05, 0.1) is 24.6 Å². The SMILES string of the molecule is COc1ccc(OC(C)C)c(Nc2ncccc2N)c1. The molecule has 0 amide bonds. The van der Waals surface area contributed by atoms with E-state index in [1.165, 1.54) is 0 Å². The maximum atomic E-state index is 5.89. The molecule has 5 nitrogen and oxygen atoms in total. The molecule has 1 heterocycles. The van der Waals surface area contributed by atoms with E-state index in [-0.39, 0.29) is 6.10 Å². The molecule has 2 rings (SSSR count). The zero-order chi connectivity index (χ0) is 14.5. The predicted octanol–water partition coefficient (Wildman–Crippen LogP) is 3.20. The van der Waals surface area contributed by atoms with Crippen LogP contribution in [0, 0.1) is 0 Å². The van der Waals surface area contributed by atoms with Crippen LogP contribution in [0.15, 0.2) is 36.5 Å². The number of methoxy groups -OCH3 is 1. The van der Waals surface area contributed by atoms with Gasteiger partial charge in [0.2, 0.25) is 0 Å². The Morgan fingerprint density at radius 1 is 1.25 bits per heavy atom. The molecule has 0 aliphatic carbocycles. The van der Waals surface area contributed by atoms with Crippen LogP contribution in [0.5, 0.6) is 11.5 Å². The number of nitrogens with zero attached hydrogens (tertiary/aromatic N) is 1. The van der Waals surface area contributed by atoms with Gasteiger partial charge in [-0.2, -0.15) is 0 Å². The molecule has 0 atom stereocenters. The highest BCUT2D eigenvalue weighted by Crippen LogP contribution is 2.33. The highest BCUT2D eigenvalue weighted by Gasteiger charge is 2.09. The van der Waals surface area contributed by atoms with Crippen molar-refractivity contribution in [1.29, 1.82) is 0 Å². The Labute approximate surface area is 118 Å². The van der Waals surface area contributed by atoms with Crippen molar-refractivity contribution < 1.29 is 9.47 Å². The van der Waals surface area contributed by atoms with Gasteiger partial charge in [-0.3, -0.25) is 0 Å². The summed E-state index contributed by atoms with van der Waals surface area (Å²) in [7, 11) is 1.62. The fourth-order valence-electron chi connectivity index (χ4n) is 1.74. The summed E-state index contributed by atoms with van der Waals surface area (Å²) in [6, 6.07) is 9.15. The lowest BCUT2D eigenvalue weighted by atomic mass is 10.2. The molecule has 0 bridgehead atoms. The molecule has 106 valence electrons. The van der Waals surface area contributed by atoms with Crippen LogP contribution >= 0.6 is 0 Å². The average Bonchev–Trinajstić information content (AvgIpc) is 2.42. The number of nitrogens with one attached hydrogen (secondary N) is 1. The summed E-state index contributed by atoms with van der Waals surface area (Å²) >= 11 is 0. The van der Waals surface area contributed by atoms with Gasteiger partial charge in [0.1, 0.15) is 11.5 Å². The monoisotopic (exact) mass is 273 g/mol. The first-order chi connectivity index (χ1) is 9.60. The molecule has 0 saturated carbocycles. The van der Waals surface area contributed by atoms with Gasteiger partial charge in [-0.15, -0.1) is 0 Å². The summed E-state index contributed by atoms with van der Waals surface area (Å²) < 4.78 is 11.0. The third-order valence-electron chi connectivity index (χ3n) is 2.64. The molecule has 0 fully saturated rings. The maximum Gasteiger partial charge on any atom is 0.153 e. The molecule has 1 aromatic carbocycles. The van der Waals surface area contributed by atoms with E-state index >= 15 is 0 Å². The second-order valence-corrected chi connectivity index (χ2v) is 4.59. The normalized spacial score (nSPS) is 10.4. The molecule has 0 spiro atoms. The number of rotatable bonds is 5. The van der Waals surface area contributed by atoms with Crippen LogP contribution in [-0.4, -0.2) is 18.2 Å². The van der Waals surface area contributed by atoms with Gasteiger partial charge in [0.15, 0.2) is 5.82 Å². The van der Waals surface area contributed by atoms with Crippen molar-refractivity contribution in [3.63, 3.8) is 0 Å². The molecule has 0 aliphatic heterocycles. The van der Waals surface area contributed by atoms with E-state index in [1.54, 1.807) is 25.4 Å². The van der Waals surface area contributed by atoms with Crippen molar-refractivity contribution in [2.75, 3.05) is 18.2 Å². The van der Waals surface area contributed by atoms with Crippen molar-refractivity contribution in [2.24, 2.45) is 0 Å². The lowest BCUT2D eigenvalue weighted by Gasteiger charge is -2.16. The van der Waals surface area contributed by atoms with Crippen molar-refractivity contribution in [3.8, 4) is 11.5 Å². The van der Waals surface area contributed by atoms with E-state index in [1.807, 2.05) is 32.0 Å². The second kappa shape index (κ2) is 6.14. The highest BCUT2D eigenvalue weighted by atomic mass is 16.5. The smallest absolute Gasteiger partial charge is 0.153 e. The molecular formula is C15H19N3O2. The third-order valence-corrected chi connectivity index (χ3v) is 2.64. The third kappa shape index (κ3) is 3.32. The quantitative estimate of drug-likeness (QED) is 0.875. The average molecular weight is 273 g/mol. The summed E-state index contributed by atoms with van der Waals surface area (Å²) in [4.78, 5) is 4.22. The van der Waals surface area contributed by atoms with Crippen molar-refractivity contribution >= 4 is 17.2 Å². The molecular weight excluding hydrogens is 254 g/mol. The van der Waals surface area contributed by atoms with Crippen LogP contribution in [0.3, 0.4) is 0 Å². The topological polar surface area (TPSA) is 69.4 Å². The zero-order valence-corrected chi connectivity index (χ0v) is 11.9. The number of nitrogens with two attached hydrogens (primary N) is 1. The van der Waals surface area contributed by atoms with Gasteiger partial charge in [0, 0.05) is 12.3 Å². The number of hydrogen-bond donors (Lipinski definition) is 2. The number of ether oxygens (including phenoxy) is 2. The zero-order valence-electron chi connectivity index (χ0n) is 11.9. The first-order valence-electron chi connectivity index (χ1n) is 6.42.